The van der Waals surface area contributed by atoms with Gasteiger partial charge in [-0.3, -0.25) is 4.79 Å². The highest BCUT2D eigenvalue weighted by molar-refractivity contribution is 5.79. The molecule has 3 rings (SSSR count). The first-order valence-electron chi connectivity index (χ1n) is 7.89. The van der Waals surface area contributed by atoms with Crippen LogP contribution in [-0.2, 0) is 4.79 Å². The number of carbonyl (C=O) groups is 2. The van der Waals surface area contributed by atoms with Crippen molar-refractivity contribution in [2.24, 2.45) is 11.8 Å². The van der Waals surface area contributed by atoms with Crippen molar-refractivity contribution < 1.29 is 14.7 Å². The van der Waals surface area contributed by atoms with E-state index in [0.717, 1.165) is 19.3 Å². The van der Waals surface area contributed by atoms with Gasteiger partial charge in [0.2, 0.25) is 0 Å². The molecular weight excluding hydrogens is 256 g/mol. The molecule has 112 valence electrons. The summed E-state index contributed by atoms with van der Waals surface area (Å²) in [5, 5.41) is 12.4. The first kappa shape index (κ1) is 13.7. The fourth-order valence-corrected chi connectivity index (χ4v) is 4.33. The normalized spacial score (nSPS) is 39.9. The third-order valence-corrected chi connectivity index (χ3v) is 5.51. The fraction of sp³-hybridized carbons (Fsp3) is 0.867. The molecule has 5 unspecified atom stereocenters. The number of urea groups is 1. The van der Waals surface area contributed by atoms with Crippen LogP contribution in [0.2, 0.25) is 0 Å². The first-order valence-corrected chi connectivity index (χ1v) is 7.89. The number of carboxylic acids is 1. The Hall–Kier alpha value is -1.26. The predicted octanol–water partition coefficient (Wildman–Crippen LogP) is 2.21. The van der Waals surface area contributed by atoms with E-state index in [1.165, 1.54) is 19.3 Å². The predicted molar refractivity (Wildman–Crippen MR) is 74.3 cm³/mol. The number of aliphatic carboxylic acids is 1. The van der Waals surface area contributed by atoms with Gasteiger partial charge in [0.25, 0.3) is 0 Å². The molecule has 2 amide bonds. The van der Waals surface area contributed by atoms with Crippen molar-refractivity contribution in [2.75, 3.05) is 0 Å². The molecule has 0 spiro atoms. The number of amides is 2. The van der Waals surface area contributed by atoms with Crippen LogP contribution in [0.3, 0.4) is 0 Å². The summed E-state index contributed by atoms with van der Waals surface area (Å²) in [5.74, 6) is -0.576. The summed E-state index contributed by atoms with van der Waals surface area (Å²) in [6, 6.07) is 0.288. The zero-order valence-corrected chi connectivity index (χ0v) is 12.0. The van der Waals surface area contributed by atoms with E-state index in [4.69, 9.17) is 0 Å². The number of hydrogen-bond acceptors (Lipinski definition) is 2. The van der Waals surface area contributed by atoms with E-state index in [0.29, 0.717) is 12.3 Å². The topological polar surface area (TPSA) is 69.6 Å². The molecule has 5 heteroatoms. The minimum absolute atomic E-state index is 0.0278. The molecule has 3 fully saturated rings. The molecule has 20 heavy (non-hydrogen) atoms. The Labute approximate surface area is 119 Å². The Balaban J connectivity index is 1.64. The molecule has 1 saturated carbocycles. The minimum atomic E-state index is -0.749. The molecular formula is C15H24N2O3. The van der Waals surface area contributed by atoms with Gasteiger partial charge in [0.15, 0.2) is 0 Å². The molecule has 2 saturated heterocycles. The van der Waals surface area contributed by atoms with Crippen LogP contribution in [0.15, 0.2) is 0 Å². The summed E-state index contributed by atoms with van der Waals surface area (Å²) in [6.45, 7) is 2.20. The zero-order valence-electron chi connectivity index (χ0n) is 12.0. The molecule has 3 aliphatic rings. The Morgan fingerprint density at radius 2 is 1.90 bits per heavy atom. The van der Waals surface area contributed by atoms with Gasteiger partial charge in [0.05, 0.1) is 5.92 Å². The number of nitrogens with one attached hydrogen (secondary N) is 1. The second kappa shape index (κ2) is 5.26. The minimum Gasteiger partial charge on any atom is -0.481 e. The van der Waals surface area contributed by atoms with E-state index in [-0.39, 0.29) is 30.1 Å². The second-order valence-electron chi connectivity index (χ2n) is 6.70. The highest BCUT2D eigenvalue weighted by atomic mass is 16.4. The van der Waals surface area contributed by atoms with Crippen molar-refractivity contribution in [3.05, 3.63) is 0 Å². The lowest BCUT2D eigenvalue weighted by molar-refractivity contribution is -0.142. The lowest BCUT2D eigenvalue weighted by Gasteiger charge is -2.32. The monoisotopic (exact) mass is 280 g/mol. The highest BCUT2D eigenvalue weighted by Gasteiger charge is 2.51. The Morgan fingerprint density at radius 1 is 1.15 bits per heavy atom. The summed E-state index contributed by atoms with van der Waals surface area (Å²) < 4.78 is 0. The molecule has 0 aromatic heterocycles. The molecule has 5 nitrogen and oxygen atoms in total. The van der Waals surface area contributed by atoms with Crippen molar-refractivity contribution in [1.29, 1.82) is 0 Å². The van der Waals surface area contributed by atoms with Crippen molar-refractivity contribution in [3.8, 4) is 0 Å². The standard InChI is InChI=1S/C15H24N2O3/c1-9-4-2-3-5-12(9)16-15(20)17-10-6-7-13(17)11(8-10)14(18)19/h9-13H,2-8H2,1H3,(H,16,20)(H,18,19). The van der Waals surface area contributed by atoms with Crippen LogP contribution in [-0.4, -0.2) is 40.1 Å². The largest absolute Gasteiger partial charge is 0.481 e. The van der Waals surface area contributed by atoms with Crippen molar-refractivity contribution in [3.63, 3.8) is 0 Å². The maximum Gasteiger partial charge on any atom is 0.318 e. The van der Waals surface area contributed by atoms with Gasteiger partial charge >= 0.3 is 12.0 Å². The number of carboxylic acid groups (broad SMARTS) is 1. The summed E-state index contributed by atoms with van der Waals surface area (Å²) in [5.41, 5.74) is 0. The molecule has 0 aromatic carbocycles. The van der Waals surface area contributed by atoms with Gasteiger partial charge in [-0.15, -0.1) is 0 Å². The summed E-state index contributed by atoms with van der Waals surface area (Å²) in [7, 11) is 0. The van der Waals surface area contributed by atoms with Crippen LogP contribution in [0, 0.1) is 11.8 Å². The number of fused-ring (bicyclic) bond motifs is 2. The first-order chi connectivity index (χ1) is 9.58. The van der Waals surface area contributed by atoms with E-state index in [1.54, 1.807) is 0 Å². The van der Waals surface area contributed by atoms with Crippen molar-refractivity contribution >= 4 is 12.0 Å². The van der Waals surface area contributed by atoms with Gasteiger partial charge in [-0.05, 0) is 38.0 Å². The van der Waals surface area contributed by atoms with E-state index in [9.17, 15) is 14.7 Å². The molecule has 5 atom stereocenters. The van der Waals surface area contributed by atoms with E-state index >= 15 is 0 Å². The number of hydrogen-bond donors (Lipinski definition) is 2. The fourth-order valence-electron chi connectivity index (χ4n) is 4.33. The zero-order chi connectivity index (χ0) is 14.3. The lowest BCUT2D eigenvalue weighted by atomic mass is 9.86. The average Bonchev–Trinajstić information content (AvgIpc) is 2.99. The summed E-state index contributed by atoms with van der Waals surface area (Å²) in [4.78, 5) is 25.6. The van der Waals surface area contributed by atoms with Crippen LogP contribution >= 0.6 is 0 Å². The summed E-state index contributed by atoms with van der Waals surface area (Å²) in [6.07, 6.45) is 7.10. The van der Waals surface area contributed by atoms with Gasteiger partial charge in [0, 0.05) is 18.1 Å². The smallest absolute Gasteiger partial charge is 0.318 e. The SMILES string of the molecule is CC1CCCCC1NC(=O)N1C2CCC1C(C(=O)O)C2. The molecule has 0 aromatic rings. The average molecular weight is 280 g/mol. The van der Waals surface area contributed by atoms with E-state index in [2.05, 4.69) is 12.2 Å². The van der Waals surface area contributed by atoms with Crippen LogP contribution in [0.25, 0.3) is 0 Å². The summed E-state index contributed by atoms with van der Waals surface area (Å²) >= 11 is 0. The van der Waals surface area contributed by atoms with Crippen LogP contribution in [0.1, 0.15) is 51.9 Å². The third kappa shape index (κ3) is 2.27. The van der Waals surface area contributed by atoms with Gasteiger partial charge in [-0.1, -0.05) is 19.8 Å². The van der Waals surface area contributed by atoms with E-state index < -0.39 is 5.97 Å². The number of nitrogens with zero attached hydrogens (tertiary/aromatic N) is 1. The van der Waals surface area contributed by atoms with Gasteiger partial charge < -0.3 is 15.3 Å². The van der Waals surface area contributed by atoms with Crippen LogP contribution in [0.5, 0.6) is 0 Å². The Bertz CT molecular complexity index is 412. The second-order valence-corrected chi connectivity index (χ2v) is 6.70. The Kier molecular flexibility index (Phi) is 3.61. The number of carbonyl (C=O) groups excluding carboxylic acids is 1. The molecule has 2 heterocycles. The van der Waals surface area contributed by atoms with Gasteiger partial charge in [-0.2, -0.15) is 0 Å². The van der Waals surface area contributed by atoms with Crippen molar-refractivity contribution in [1.82, 2.24) is 10.2 Å². The highest BCUT2D eigenvalue weighted by Crippen LogP contribution is 2.42. The number of rotatable bonds is 2. The van der Waals surface area contributed by atoms with Crippen LogP contribution in [0.4, 0.5) is 4.79 Å². The molecule has 2 bridgehead atoms. The molecule has 2 N–H and O–H groups in total. The van der Waals surface area contributed by atoms with Crippen molar-refractivity contribution in [2.45, 2.75) is 70.0 Å². The maximum atomic E-state index is 12.5. The lowest BCUT2D eigenvalue weighted by Crippen LogP contribution is -2.50. The maximum absolute atomic E-state index is 12.5. The molecule has 1 aliphatic carbocycles. The quantitative estimate of drug-likeness (QED) is 0.814. The van der Waals surface area contributed by atoms with Gasteiger partial charge in [0.1, 0.15) is 0 Å². The van der Waals surface area contributed by atoms with Crippen LogP contribution < -0.4 is 5.32 Å². The third-order valence-electron chi connectivity index (χ3n) is 5.51. The Morgan fingerprint density at radius 3 is 2.55 bits per heavy atom. The van der Waals surface area contributed by atoms with E-state index in [1.807, 2.05) is 4.90 Å². The molecule has 2 aliphatic heterocycles. The molecule has 0 radical (unpaired) electrons. The van der Waals surface area contributed by atoms with Gasteiger partial charge in [-0.25, -0.2) is 4.79 Å².